The Bertz CT molecular complexity index is 798. The lowest BCUT2D eigenvalue weighted by Gasteiger charge is -2.25. The summed E-state index contributed by atoms with van der Waals surface area (Å²) in [7, 11) is 1.67. The molecular formula is C22H34N4O2S. The number of carbonyl (C=O) groups excluding carboxylic acids is 1. The van der Waals surface area contributed by atoms with Crippen LogP contribution in [-0.4, -0.2) is 24.7 Å². The first-order valence-electron chi connectivity index (χ1n) is 9.92. The maximum absolute atomic E-state index is 12.4. The quantitative estimate of drug-likeness (QED) is 0.290. The number of hydrazine groups is 2. The summed E-state index contributed by atoms with van der Waals surface area (Å²) in [4.78, 5) is 13.4. The lowest BCUT2D eigenvalue weighted by atomic mass is 10.1. The van der Waals surface area contributed by atoms with Gasteiger partial charge in [0.2, 0.25) is 0 Å². The van der Waals surface area contributed by atoms with Gasteiger partial charge in [-0.25, -0.2) is 21.5 Å². The maximum Gasteiger partial charge on any atom is 0.353 e. The molecule has 0 atom stereocenters. The summed E-state index contributed by atoms with van der Waals surface area (Å²) in [6.07, 6.45) is 0.960. The van der Waals surface area contributed by atoms with Crippen LogP contribution in [0.25, 0.3) is 0 Å². The number of hydrogen-bond donors (Lipinski definition) is 2. The van der Waals surface area contributed by atoms with Gasteiger partial charge in [-0.15, -0.1) is 11.8 Å². The van der Waals surface area contributed by atoms with Crippen molar-refractivity contribution in [2.75, 3.05) is 18.7 Å². The Balaban J connectivity index is 0.00000204. The average Bonchev–Trinajstić information content (AvgIpc) is 2.77. The fourth-order valence-electron chi connectivity index (χ4n) is 2.68. The summed E-state index contributed by atoms with van der Waals surface area (Å²) in [5.41, 5.74) is 3.96. The normalized spacial score (nSPS) is 10.1. The van der Waals surface area contributed by atoms with Crippen LogP contribution in [0.3, 0.4) is 0 Å². The van der Waals surface area contributed by atoms with Crippen LogP contribution < -0.4 is 21.4 Å². The highest BCUT2D eigenvalue weighted by Gasteiger charge is 2.20. The number of nitrogens with zero attached hydrogens (tertiary/aromatic N) is 2. The smallest absolute Gasteiger partial charge is 0.353 e. The molecule has 0 bridgehead atoms. The molecule has 2 aromatic carbocycles. The molecule has 160 valence electrons. The number of hydrogen-bond acceptors (Lipinski definition) is 5. The van der Waals surface area contributed by atoms with Gasteiger partial charge in [0.1, 0.15) is 5.75 Å². The molecular weight excluding hydrogens is 384 g/mol. The Kier molecular flexibility index (Phi) is 10.6. The molecule has 0 spiro atoms. The summed E-state index contributed by atoms with van der Waals surface area (Å²) in [6.45, 7) is 10.3. The molecule has 0 aliphatic heterocycles. The topological polar surface area (TPSA) is 84.8 Å². The van der Waals surface area contributed by atoms with E-state index in [-0.39, 0.29) is 0 Å². The van der Waals surface area contributed by atoms with Crippen molar-refractivity contribution in [3.05, 3.63) is 53.1 Å². The molecule has 0 heterocycles. The number of rotatable bonds is 7. The molecule has 29 heavy (non-hydrogen) atoms. The van der Waals surface area contributed by atoms with E-state index < -0.39 is 6.03 Å². The minimum atomic E-state index is -0.445. The number of thioether (sulfide) groups is 1. The van der Waals surface area contributed by atoms with Crippen molar-refractivity contribution in [1.29, 1.82) is 0 Å². The van der Waals surface area contributed by atoms with E-state index in [1.54, 1.807) is 25.8 Å². The zero-order valence-corrected chi connectivity index (χ0v) is 19.2. The van der Waals surface area contributed by atoms with Crippen molar-refractivity contribution in [3.8, 4) is 5.75 Å². The summed E-state index contributed by atoms with van der Waals surface area (Å²) in [5.74, 6) is 13.3. The first-order valence-corrected chi connectivity index (χ1v) is 10.9. The van der Waals surface area contributed by atoms with Crippen LogP contribution >= 0.6 is 11.8 Å². The van der Waals surface area contributed by atoms with Crippen LogP contribution in [-0.2, 0) is 12.2 Å². The number of amides is 2. The SMILES string of the molecule is CC.CCc1ccc(OC)c(SCc2c(C)cccc2N(N)C(=O)N(N)CC)c1. The summed E-state index contributed by atoms with van der Waals surface area (Å²) in [6, 6.07) is 11.5. The molecule has 2 amide bonds. The summed E-state index contributed by atoms with van der Waals surface area (Å²) < 4.78 is 5.49. The van der Waals surface area contributed by atoms with Crippen molar-refractivity contribution in [2.24, 2.45) is 11.7 Å². The number of nitrogens with two attached hydrogens (primary N) is 2. The molecule has 0 saturated carbocycles. The van der Waals surface area contributed by atoms with Crippen molar-refractivity contribution < 1.29 is 9.53 Å². The first-order chi connectivity index (χ1) is 13.9. The van der Waals surface area contributed by atoms with Crippen molar-refractivity contribution >= 4 is 23.5 Å². The third-order valence-electron chi connectivity index (χ3n) is 4.45. The molecule has 0 fully saturated rings. The Labute approximate surface area is 179 Å². The number of aryl methyl sites for hydroxylation is 2. The van der Waals surface area contributed by atoms with Gasteiger partial charge < -0.3 is 4.74 Å². The van der Waals surface area contributed by atoms with Crippen molar-refractivity contribution in [2.45, 2.75) is 51.7 Å². The van der Waals surface area contributed by atoms with Crippen LogP contribution in [0.5, 0.6) is 5.75 Å². The van der Waals surface area contributed by atoms with E-state index >= 15 is 0 Å². The van der Waals surface area contributed by atoms with E-state index in [0.29, 0.717) is 18.0 Å². The van der Waals surface area contributed by atoms with E-state index in [0.717, 1.165) is 38.2 Å². The van der Waals surface area contributed by atoms with E-state index in [9.17, 15) is 4.79 Å². The molecule has 0 aliphatic rings. The van der Waals surface area contributed by atoms with Gasteiger partial charge in [-0.2, -0.15) is 0 Å². The number of ether oxygens (including phenoxy) is 1. The lowest BCUT2D eigenvalue weighted by molar-refractivity contribution is 0.208. The maximum atomic E-state index is 12.4. The third-order valence-corrected chi connectivity index (χ3v) is 5.51. The van der Waals surface area contributed by atoms with Gasteiger partial charge in [-0.05, 0) is 55.2 Å². The zero-order valence-electron chi connectivity index (χ0n) is 18.4. The van der Waals surface area contributed by atoms with E-state index in [2.05, 4.69) is 19.1 Å². The molecule has 2 rings (SSSR count). The van der Waals surface area contributed by atoms with Crippen LogP contribution in [0, 0.1) is 6.92 Å². The van der Waals surface area contributed by atoms with Gasteiger partial charge in [0.25, 0.3) is 0 Å². The van der Waals surface area contributed by atoms with Gasteiger partial charge in [-0.1, -0.05) is 39.0 Å². The molecule has 2 aromatic rings. The van der Waals surface area contributed by atoms with Crippen LogP contribution in [0.1, 0.15) is 44.4 Å². The Hall–Kier alpha value is -2.22. The molecule has 7 heteroatoms. The summed E-state index contributed by atoms with van der Waals surface area (Å²) >= 11 is 1.66. The second kappa shape index (κ2) is 12.4. The fraction of sp³-hybridized carbons (Fsp3) is 0.409. The Morgan fingerprint density at radius 3 is 2.41 bits per heavy atom. The van der Waals surface area contributed by atoms with Crippen molar-refractivity contribution in [3.63, 3.8) is 0 Å². The number of anilines is 1. The molecule has 0 radical (unpaired) electrons. The van der Waals surface area contributed by atoms with Crippen molar-refractivity contribution in [1.82, 2.24) is 5.01 Å². The molecule has 0 aromatic heterocycles. The minimum Gasteiger partial charge on any atom is -0.496 e. The fourth-order valence-corrected chi connectivity index (χ4v) is 3.88. The van der Waals surface area contributed by atoms with Gasteiger partial charge >= 0.3 is 6.03 Å². The van der Waals surface area contributed by atoms with Gasteiger partial charge in [0, 0.05) is 17.2 Å². The predicted octanol–water partition coefficient (Wildman–Crippen LogP) is 4.88. The number of carbonyl (C=O) groups is 1. The molecule has 0 aliphatic carbocycles. The minimum absolute atomic E-state index is 0.378. The first kappa shape index (κ1) is 24.8. The number of methoxy groups -OCH3 is 1. The van der Waals surface area contributed by atoms with Gasteiger partial charge in [0.15, 0.2) is 0 Å². The second-order valence-electron chi connectivity index (χ2n) is 6.14. The largest absolute Gasteiger partial charge is 0.496 e. The Morgan fingerprint density at radius 1 is 1.14 bits per heavy atom. The zero-order chi connectivity index (χ0) is 22.0. The highest BCUT2D eigenvalue weighted by molar-refractivity contribution is 7.98. The van der Waals surface area contributed by atoms with Gasteiger partial charge in [0.05, 0.1) is 12.8 Å². The van der Waals surface area contributed by atoms with E-state index in [4.69, 9.17) is 16.4 Å². The molecule has 0 saturated heterocycles. The van der Waals surface area contributed by atoms with E-state index in [1.807, 2.05) is 45.0 Å². The van der Waals surface area contributed by atoms with E-state index in [1.165, 1.54) is 5.56 Å². The Morgan fingerprint density at radius 2 is 1.83 bits per heavy atom. The summed E-state index contributed by atoms with van der Waals surface area (Å²) in [5, 5.41) is 2.21. The number of urea groups is 1. The number of benzene rings is 2. The van der Waals surface area contributed by atoms with Crippen LogP contribution in [0.15, 0.2) is 41.3 Å². The third kappa shape index (κ3) is 6.39. The highest BCUT2D eigenvalue weighted by atomic mass is 32.2. The van der Waals surface area contributed by atoms with Gasteiger partial charge in [-0.3, -0.25) is 5.01 Å². The lowest BCUT2D eigenvalue weighted by Crippen LogP contribution is -2.50. The van der Waals surface area contributed by atoms with Crippen LogP contribution in [0.2, 0.25) is 0 Å². The molecule has 6 nitrogen and oxygen atoms in total. The predicted molar refractivity (Wildman–Crippen MR) is 123 cm³/mol. The monoisotopic (exact) mass is 418 g/mol. The highest BCUT2D eigenvalue weighted by Crippen LogP contribution is 2.35. The average molecular weight is 419 g/mol. The van der Waals surface area contributed by atoms with Crippen LogP contribution in [0.4, 0.5) is 10.5 Å². The second-order valence-corrected chi connectivity index (χ2v) is 7.16. The molecule has 4 N–H and O–H groups in total. The molecule has 0 unspecified atom stereocenters. The standard InChI is InChI=1S/C20H28N4O2S.C2H6/c1-5-15-10-11-18(26-4)19(12-15)27-13-16-14(3)8-7-9-17(16)24(22)20(25)23(21)6-2;1-2/h7-12H,5-6,13,21-22H2,1-4H3;1-2H3.